The van der Waals surface area contributed by atoms with Gasteiger partial charge in [-0.2, -0.15) is 0 Å². The summed E-state index contributed by atoms with van der Waals surface area (Å²) in [7, 11) is -3.62. The van der Waals surface area contributed by atoms with Crippen LogP contribution in [0.15, 0.2) is 34.7 Å². The number of sulfonamides is 1. The van der Waals surface area contributed by atoms with Crippen LogP contribution in [0.2, 0.25) is 4.47 Å². The number of thiazole rings is 1. The number of rotatable bonds is 6. The SMILES string of the molecule is O=[N+]([O-])c1ccc(CCNS(=O)(=O)c2cnc(Cl)s2)cc1. The number of non-ortho nitro benzene ring substituents is 1. The van der Waals surface area contributed by atoms with Crippen LogP contribution < -0.4 is 4.72 Å². The second-order valence-corrected chi connectivity index (χ2v) is 7.61. The molecule has 1 heterocycles. The van der Waals surface area contributed by atoms with Crippen LogP contribution in [0.25, 0.3) is 0 Å². The van der Waals surface area contributed by atoms with Crippen molar-refractivity contribution in [3.63, 3.8) is 0 Å². The molecule has 10 heteroatoms. The Morgan fingerprint density at radius 1 is 1.33 bits per heavy atom. The molecule has 2 aromatic rings. The van der Waals surface area contributed by atoms with E-state index >= 15 is 0 Å². The zero-order chi connectivity index (χ0) is 15.5. The van der Waals surface area contributed by atoms with Crippen molar-refractivity contribution in [1.82, 2.24) is 9.71 Å². The largest absolute Gasteiger partial charge is 0.269 e. The van der Waals surface area contributed by atoms with Crippen molar-refractivity contribution in [3.8, 4) is 0 Å². The standard InChI is InChI=1S/C11H10ClN3O4S2/c12-11-13-7-10(20-11)21(18,19)14-6-5-8-1-3-9(4-2-8)15(16)17/h1-4,7,14H,5-6H2. The normalized spacial score (nSPS) is 11.5. The van der Waals surface area contributed by atoms with Gasteiger partial charge in [-0.25, -0.2) is 18.1 Å². The van der Waals surface area contributed by atoms with Crippen LogP contribution in [0.5, 0.6) is 0 Å². The van der Waals surface area contributed by atoms with E-state index in [1.54, 1.807) is 12.1 Å². The summed E-state index contributed by atoms with van der Waals surface area (Å²) in [6.45, 7) is 0.176. The highest BCUT2D eigenvalue weighted by Crippen LogP contribution is 2.22. The average molecular weight is 348 g/mol. The van der Waals surface area contributed by atoms with Gasteiger partial charge in [-0.1, -0.05) is 35.1 Å². The Morgan fingerprint density at radius 3 is 2.52 bits per heavy atom. The summed E-state index contributed by atoms with van der Waals surface area (Å²) in [5.41, 5.74) is 0.796. The molecular weight excluding hydrogens is 338 g/mol. The fourth-order valence-electron chi connectivity index (χ4n) is 1.55. The van der Waals surface area contributed by atoms with Gasteiger partial charge in [0.2, 0.25) is 0 Å². The number of halogens is 1. The van der Waals surface area contributed by atoms with Gasteiger partial charge in [0.05, 0.1) is 11.1 Å². The molecule has 0 fully saturated rings. The summed E-state index contributed by atoms with van der Waals surface area (Å²) < 4.78 is 26.4. The third-order valence-corrected chi connectivity index (χ3v) is 5.61. The molecule has 0 saturated heterocycles. The maximum Gasteiger partial charge on any atom is 0.269 e. The molecular formula is C11H10ClN3O4S2. The molecule has 1 aromatic heterocycles. The molecule has 1 aromatic carbocycles. The first-order chi connectivity index (χ1) is 9.88. The summed E-state index contributed by atoms with van der Waals surface area (Å²) >= 11 is 6.47. The summed E-state index contributed by atoms with van der Waals surface area (Å²) in [5.74, 6) is 0. The number of nitro benzene ring substituents is 1. The molecule has 0 aliphatic heterocycles. The van der Waals surface area contributed by atoms with E-state index in [9.17, 15) is 18.5 Å². The zero-order valence-electron chi connectivity index (χ0n) is 10.5. The van der Waals surface area contributed by atoms with Crippen LogP contribution in [0.4, 0.5) is 5.69 Å². The molecule has 2 rings (SSSR count). The van der Waals surface area contributed by atoms with Crippen LogP contribution in [-0.4, -0.2) is 24.9 Å². The summed E-state index contributed by atoms with van der Waals surface area (Å²) in [4.78, 5) is 13.7. The smallest absolute Gasteiger partial charge is 0.258 e. The molecule has 7 nitrogen and oxygen atoms in total. The highest BCUT2D eigenvalue weighted by molar-refractivity contribution is 7.91. The van der Waals surface area contributed by atoms with E-state index in [-0.39, 0.29) is 20.9 Å². The maximum atomic E-state index is 11.9. The molecule has 1 N–H and O–H groups in total. The number of hydrogen-bond acceptors (Lipinski definition) is 6. The van der Waals surface area contributed by atoms with Gasteiger partial charge in [-0.15, -0.1) is 0 Å². The van der Waals surface area contributed by atoms with E-state index in [1.165, 1.54) is 18.3 Å². The number of nitro groups is 1. The first-order valence-electron chi connectivity index (χ1n) is 5.73. The minimum atomic E-state index is -3.62. The van der Waals surface area contributed by atoms with Crippen molar-refractivity contribution < 1.29 is 13.3 Å². The van der Waals surface area contributed by atoms with Crippen LogP contribution in [0.1, 0.15) is 5.56 Å². The van der Waals surface area contributed by atoms with Gasteiger partial charge in [0, 0.05) is 18.7 Å². The molecule has 0 unspecified atom stereocenters. The van der Waals surface area contributed by atoms with Gasteiger partial charge in [0.25, 0.3) is 15.7 Å². The van der Waals surface area contributed by atoms with E-state index in [0.717, 1.165) is 16.9 Å². The van der Waals surface area contributed by atoms with Crippen LogP contribution >= 0.6 is 22.9 Å². The minimum absolute atomic E-state index is 0.00127. The second kappa shape index (κ2) is 6.48. The lowest BCUT2D eigenvalue weighted by atomic mass is 10.1. The van der Waals surface area contributed by atoms with Crippen molar-refractivity contribution in [2.75, 3.05) is 6.54 Å². The molecule has 21 heavy (non-hydrogen) atoms. The molecule has 0 bridgehead atoms. The number of aromatic nitrogens is 1. The summed E-state index contributed by atoms with van der Waals surface area (Å²) in [6.07, 6.45) is 1.62. The van der Waals surface area contributed by atoms with E-state index in [0.29, 0.717) is 6.42 Å². The Bertz CT molecular complexity index is 743. The van der Waals surface area contributed by atoms with Crippen molar-refractivity contribution in [1.29, 1.82) is 0 Å². The number of nitrogens with zero attached hydrogens (tertiary/aromatic N) is 2. The van der Waals surface area contributed by atoms with Gasteiger partial charge in [-0.05, 0) is 12.0 Å². The fraction of sp³-hybridized carbons (Fsp3) is 0.182. The van der Waals surface area contributed by atoms with Gasteiger partial charge in [-0.3, -0.25) is 10.1 Å². The minimum Gasteiger partial charge on any atom is -0.258 e. The molecule has 0 atom stereocenters. The second-order valence-electron chi connectivity index (χ2n) is 4.00. The van der Waals surface area contributed by atoms with Crippen molar-refractivity contribution in [2.45, 2.75) is 10.6 Å². The van der Waals surface area contributed by atoms with Crippen LogP contribution in [0.3, 0.4) is 0 Å². The molecule has 0 spiro atoms. The van der Waals surface area contributed by atoms with Gasteiger partial charge in [0.15, 0.2) is 8.68 Å². The first-order valence-corrected chi connectivity index (χ1v) is 8.40. The Kier molecular flexibility index (Phi) is 4.88. The van der Waals surface area contributed by atoms with E-state index in [2.05, 4.69) is 9.71 Å². The predicted molar refractivity (Wildman–Crippen MR) is 79.1 cm³/mol. The van der Waals surface area contributed by atoms with Crippen molar-refractivity contribution in [3.05, 3.63) is 50.6 Å². The third-order valence-electron chi connectivity index (χ3n) is 2.57. The van der Waals surface area contributed by atoms with Gasteiger partial charge < -0.3 is 0 Å². The maximum absolute atomic E-state index is 11.9. The number of benzene rings is 1. The van der Waals surface area contributed by atoms with Crippen LogP contribution in [0, 0.1) is 10.1 Å². The lowest BCUT2D eigenvalue weighted by Gasteiger charge is -2.04. The Balaban J connectivity index is 1.93. The Hall–Kier alpha value is -1.55. The fourth-order valence-corrected chi connectivity index (χ4v) is 3.92. The van der Waals surface area contributed by atoms with Gasteiger partial charge >= 0.3 is 0 Å². The summed E-state index contributed by atoms with van der Waals surface area (Å²) in [6, 6.07) is 5.95. The third kappa shape index (κ3) is 4.21. The highest BCUT2D eigenvalue weighted by atomic mass is 35.5. The average Bonchev–Trinajstić information content (AvgIpc) is 2.87. The quantitative estimate of drug-likeness (QED) is 0.637. The van der Waals surface area contributed by atoms with Crippen molar-refractivity contribution in [2.24, 2.45) is 0 Å². The molecule has 0 amide bonds. The van der Waals surface area contributed by atoms with E-state index in [4.69, 9.17) is 11.6 Å². The predicted octanol–water partition coefficient (Wildman–Crippen LogP) is 2.23. The van der Waals surface area contributed by atoms with Crippen LogP contribution in [-0.2, 0) is 16.4 Å². The van der Waals surface area contributed by atoms with E-state index in [1.807, 2.05) is 0 Å². The lowest BCUT2D eigenvalue weighted by molar-refractivity contribution is -0.384. The van der Waals surface area contributed by atoms with E-state index < -0.39 is 14.9 Å². The number of nitrogens with one attached hydrogen (secondary N) is 1. The number of hydrogen-bond donors (Lipinski definition) is 1. The Labute approximate surface area is 129 Å². The zero-order valence-corrected chi connectivity index (χ0v) is 12.9. The molecule has 0 aliphatic rings. The monoisotopic (exact) mass is 347 g/mol. The molecule has 0 saturated carbocycles. The van der Waals surface area contributed by atoms with Crippen molar-refractivity contribution >= 4 is 38.6 Å². The summed E-state index contributed by atoms with van der Waals surface area (Å²) in [5, 5.41) is 10.5. The lowest BCUT2D eigenvalue weighted by Crippen LogP contribution is -2.25. The van der Waals surface area contributed by atoms with Gasteiger partial charge in [0.1, 0.15) is 0 Å². The molecule has 0 aliphatic carbocycles. The highest BCUT2D eigenvalue weighted by Gasteiger charge is 2.16. The topological polar surface area (TPSA) is 102 Å². The Morgan fingerprint density at radius 2 is 2.00 bits per heavy atom. The first kappa shape index (κ1) is 15.8. The molecule has 112 valence electrons. The molecule has 0 radical (unpaired) electrons.